The van der Waals surface area contributed by atoms with E-state index in [0.717, 1.165) is 4.47 Å². The molecule has 0 radical (unpaired) electrons. The van der Waals surface area contributed by atoms with Gasteiger partial charge in [-0.25, -0.2) is 0 Å². The number of aromatic hydroxyl groups is 1. The van der Waals surface area contributed by atoms with Crippen LogP contribution >= 0.6 is 15.9 Å². The minimum atomic E-state index is -0.188. The Morgan fingerprint density at radius 2 is 2.09 bits per heavy atom. The molecular weight excluding hydrogens is 348 g/mol. The fourth-order valence-electron chi connectivity index (χ4n) is 1.81. The number of hydrogen-bond donors (Lipinski definition) is 2. The molecule has 0 saturated heterocycles. The molecule has 0 unspecified atom stereocenters. The second-order valence-corrected chi connectivity index (χ2v) is 5.44. The van der Waals surface area contributed by atoms with E-state index in [1.54, 1.807) is 43.5 Å². The average Bonchev–Trinajstić information content (AvgIpc) is 2.48. The van der Waals surface area contributed by atoms with Crippen LogP contribution < -0.4 is 10.1 Å². The Balaban J connectivity index is 2.39. The number of ether oxygens (including phenoxy) is 1. The molecule has 0 aliphatic carbocycles. The third-order valence-electron chi connectivity index (χ3n) is 2.85. The summed E-state index contributed by atoms with van der Waals surface area (Å²) in [5, 5.41) is 12.5. The maximum atomic E-state index is 11.3. The van der Waals surface area contributed by atoms with E-state index in [0.29, 0.717) is 22.7 Å². The summed E-state index contributed by atoms with van der Waals surface area (Å²) >= 11 is 3.34. The van der Waals surface area contributed by atoms with Crippen LogP contribution in [0, 0.1) is 0 Å². The fourth-order valence-corrected chi connectivity index (χ4v) is 2.19. The van der Waals surface area contributed by atoms with Crippen LogP contribution in [0.15, 0.2) is 45.9 Å². The molecule has 2 rings (SSSR count). The van der Waals surface area contributed by atoms with Gasteiger partial charge in [-0.15, -0.1) is 0 Å². The van der Waals surface area contributed by atoms with Crippen LogP contribution in [0.3, 0.4) is 0 Å². The minimum Gasteiger partial charge on any atom is -0.507 e. The number of amides is 1. The van der Waals surface area contributed by atoms with Gasteiger partial charge in [0, 0.05) is 29.2 Å². The number of carbonyl (C=O) groups excluding carboxylic acids is 1. The largest absolute Gasteiger partial charge is 0.507 e. The molecule has 0 saturated carbocycles. The number of hydrogen-bond acceptors (Lipinski definition) is 4. The number of rotatable bonds is 4. The maximum Gasteiger partial charge on any atom is 0.221 e. The Labute approximate surface area is 136 Å². The van der Waals surface area contributed by atoms with Gasteiger partial charge in [0.25, 0.3) is 0 Å². The third kappa shape index (κ3) is 4.08. The smallest absolute Gasteiger partial charge is 0.221 e. The first-order valence-corrected chi connectivity index (χ1v) is 7.27. The molecule has 2 aromatic rings. The number of halogens is 1. The van der Waals surface area contributed by atoms with Crippen LogP contribution in [0.1, 0.15) is 12.5 Å². The molecule has 0 heterocycles. The SMILES string of the molecule is COc1ccc(NC(C)=O)c(N=Cc2cc(Br)ccc2O)c1. The Morgan fingerprint density at radius 3 is 2.77 bits per heavy atom. The zero-order valence-electron chi connectivity index (χ0n) is 12.1. The van der Waals surface area contributed by atoms with Crippen molar-refractivity contribution in [3.8, 4) is 11.5 Å². The Kier molecular flexibility index (Phi) is 5.16. The molecule has 0 aromatic heterocycles. The van der Waals surface area contributed by atoms with E-state index >= 15 is 0 Å². The highest BCUT2D eigenvalue weighted by molar-refractivity contribution is 9.10. The second-order valence-electron chi connectivity index (χ2n) is 4.53. The number of aliphatic imine (C=N–C) groups is 1. The van der Waals surface area contributed by atoms with E-state index < -0.39 is 0 Å². The van der Waals surface area contributed by atoms with E-state index in [1.807, 2.05) is 0 Å². The van der Waals surface area contributed by atoms with Crippen LogP contribution in [0.4, 0.5) is 11.4 Å². The molecule has 6 heteroatoms. The van der Waals surface area contributed by atoms with Gasteiger partial charge in [0.05, 0.1) is 18.5 Å². The van der Waals surface area contributed by atoms with Gasteiger partial charge in [0.2, 0.25) is 5.91 Å². The lowest BCUT2D eigenvalue weighted by Crippen LogP contribution is -2.05. The highest BCUT2D eigenvalue weighted by atomic mass is 79.9. The molecule has 114 valence electrons. The van der Waals surface area contributed by atoms with Crippen molar-refractivity contribution >= 4 is 39.4 Å². The van der Waals surface area contributed by atoms with Crippen LogP contribution in [0.25, 0.3) is 0 Å². The van der Waals surface area contributed by atoms with Crippen molar-refractivity contribution in [2.24, 2.45) is 4.99 Å². The molecular formula is C16H15BrN2O3. The van der Waals surface area contributed by atoms with Gasteiger partial charge in [-0.1, -0.05) is 15.9 Å². The van der Waals surface area contributed by atoms with E-state index in [2.05, 4.69) is 26.2 Å². The van der Waals surface area contributed by atoms with Gasteiger partial charge in [-0.3, -0.25) is 9.79 Å². The Morgan fingerprint density at radius 1 is 1.32 bits per heavy atom. The molecule has 5 nitrogen and oxygen atoms in total. The van der Waals surface area contributed by atoms with Gasteiger partial charge >= 0.3 is 0 Å². The standard InChI is InChI=1S/C16H15BrN2O3/c1-10(20)19-14-5-4-13(22-2)8-15(14)18-9-11-7-12(17)3-6-16(11)21/h3-9,21H,1-2H3,(H,19,20). The molecule has 0 fully saturated rings. The number of anilines is 1. The summed E-state index contributed by atoms with van der Waals surface area (Å²) in [6.45, 7) is 1.43. The van der Waals surface area contributed by atoms with Gasteiger partial charge in [0.15, 0.2) is 0 Å². The number of benzene rings is 2. The summed E-state index contributed by atoms with van der Waals surface area (Å²) in [5.74, 6) is 0.558. The van der Waals surface area contributed by atoms with Gasteiger partial charge in [-0.2, -0.15) is 0 Å². The topological polar surface area (TPSA) is 70.9 Å². The summed E-state index contributed by atoms with van der Waals surface area (Å²) in [7, 11) is 1.56. The predicted octanol–water partition coefficient (Wildman–Crippen LogP) is 3.87. The summed E-state index contributed by atoms with van der Waals surface area (Å²) in [4.78, 5) is 15.6. The van der Waals surface area contributed by atoms with E-state index in [9.17, 15) is 9.90 Å². The molecule has 0 aliphatic heterocycles. The molecule has 0 bridgehead atoms. The number of phenols is 1. The van der Waals surface area contributed by atoms with Crippen molar-refractivity contribution < 1.29 is 14.6 Å². The lowest BCUT2D eigenvalue weighted by atomic mass is 10.2. The maximum absolute atomic E-state index is 11.3. The van der Waals surface area contributed by atoms with E-state index in [-0.39, 0.29) is 11.7 Å². The first-order valence-electron chi connectivity index (χ1n) is 6.48. The summed E-state index contributed by atoms with van der Waals surface area (Å²) in [5.41, 5.74) is 1.67. The normalized spacial score (nSPS) is 10.7. The lowest BCUT2D eigenvalue weighted by molar-refractivity contribution is -0.114. The highest BCUT2D eigenvalue weighted by Gasteiger charge is 2.06. The van der Waals surface area contributed by atoms with Crippen molar-refractivity contribution in [3.63, 3.8) is 0 Å². The number of carbonyl (C=O) groups is 1. The van der Waals surface area contributed by atoms with Gasteiger partial charge < -0.3 is 15.2 Å². The summed E-state index contributed by atoms with van der Waals surface area (Å²) in [6, 6.07) is 10.2. The Hall–Kier alpha value is -2.34. The van der Waals surface area contributed by atoms with Crippen molar-refractivity contribution in [3.05, 3.63) is 46.4 Å². The third-order valence-corrected chi connectivity index (χ3v) is 3.34. The van der Waals surface area contributed by atoms with Crippen LogP contribution in [-0.4, -0.2) is 24.3 Å². The number of phenolic OH excluding ortho intramolecular Hbond substituents is 1. The molecule has 0 aliphatic rings. The number of methoxy groups -OCH3 is 1. The lowest BCUT2D eigenvalue weighted by Gasteiger charge is -2.08. The summed E-state index contributed by atoms with van der Waals surface area (Å²) < 4.78 is 6.00. The fraction of sp³-hybridized carbons (Fsp3) is 0.125. The second kappa shape index (κ2) is 7.09. The highest BCUT2D eigenvalue weighted by Crippen LogP contribution is 2.30. The molecule has 0 atom stereocenters. The van der Waals surface area contributed by atoms with Crippen molar-refractivity contribution in [2.75, 3.05) is 12.4 Å². The molecule has 0 spiro atoms. The van der Waals surface area contributed by atoms with Crippen LogP contribution in [0.2, 0.25) is 0 Å². The number of nitrogens with one attached hydrogen (secondary N) is 1. The number of nitrogens with zero attached hydrogens (tertiary/aromatic N) is 1. The molecule has 1 amide bonds. The molecule has 2 aromatic carbocycles. The van der Waals surface area contributed by atoms with E-state index in [1.165, 1.54) is 13.1 Å². The molecule has 2 N–H and O–H groups in total. The first-order chi connectivity index (χ1) is 10.5. The summed E-state index contributed by atoms with van der Waals surface area (Å²) in [6.07, 6.45) is 1.53. The van der Waals surface area contributed by atoms with Crippen molar-refractivity contribution in [1.29, 1.82) is 0 Å². The van der Waals surface area contributed by atoms with Crippen LogP contribution in [0.5, 0.6) is 11.5 Å². The quantitative estimate of drug-likeness (QED) is 0.810. The van der Waals surface area contributed by atoms with Gasteiger partial charge in [-0.05, 0) is 30.3 Å². The predicted molar refractivity (Wildman–Crippen MR) is 90.4 cm³/mol. The van der Waals surface area contributed by atoms with Crippen molar-refractivity contribution in [1.82, 2.24) is 0 Å². The molecule has 22 heavy (non-hydrogen) atoms. The van der Waals surface area contributed by atoms with Gasteiger partial charge in [0.1, 0.15) is 11.5 Å². The first kappa shape index (κ1) is 16.0. The van der Waals surface area contributed by atoms with Crippen LogP contribution in [-0.2, 0) is 4.79 Å². The zero-order valence-corrected chi connectivity index (χ0v) is 13.7. The minimum absolute atomic E-state index is 0.121. The zero-order chi connectivity index (χ0) is 16.1. The average molecular weight is 363 g/mol. The van der Waals surface area contributed by atoms with E-state index in [4.69, 9.17) is 4.74 Å². The monoisotopic (exact) mass is 362 g/mol. The Bertz CT molecular complexity index is 729. The van der Waals surface area contributed by atoms with Crippen molar-refractivity contribution in [2.45, 2.75) is 6.92 Å².